The van der Waals surface area contributed by atoms with E-state index in [0.29, 0.717) is 29.0 Å². The average molecular weight is 355 g/mol. The van der Waals surface area contributed by atoms with E-state index >= 15 is 0 Å². The molecule has 9 nitrogen and oxygen atoms in total. The summed E-state index contributed by atoms with van der Waals surface area (Å²) in [6.07, 6.45) is 4.88. The second kappa shape index (κ2) is 6.17. The van der Waals surface area contributed by atoms with Gasteiger partial charge in [0, 0.05) is 24.0 Å². The molecule has 0 saturated carbocycles. The van der Waals surface area contributed by atoms with Gasteiger partial charge in [0.25, 0.3) is 5.91 Å². The second-order valence-electron chi connectivity index (χ2n) is 6.01. The van der Waals surface area contributed by atoms with Crippen molar-refractivity contribution in [1.29, 1.82) is 0 Å². The third-order valence-corrected chi connectivity index (χ3v) is 4.42. The van der Waals surface area contributed by atoms with Crippen LogP contribution in [0.3, 0.4) is 0 Å². The van der Waals surface area contributed by atoms with E-state index in [1.165, 1.54) is 0 Å². The van der Waals surface area contributed by atoms with E-state index in [2.05, 4.69) is 15.3 Å². The lowest BCUT2D eigenvalue weighted by Gasteiger charge is -2.16. The third kappa shape index (κ3) is 2.57. The number of nitrogens with one attached hydrogen (secondary N) is 1. The van der Waals surface area contributed by atoms with Crippen molar-refractivity contribution in [2.75, 3.05) is 6.61 Å². The fourth-order valence-corrected chi connectivity index (χ4v) is 3.18. The van der Waals surface area contributed by atoms with Crippen LogP contribution in [0.2, 0.25) is 0 Å². The maximum Gasteiger partial charge on any atom is 0.407 e. The van der Waals surface area contributed by atoms with Crippen LogP contribution in [0.15, 0.2) is 30.7 Å². The quantitative estimate of drug-likeness (QED) is 0.710. The van der Waals surface area contributed by atoms with Crippen molar-refractivity contribution in [3.63, 3.8) is 0 Å². The van der Waals surface area contributed by atoms with Gasteiger partial charge in [-0.2, -0.15) is 0 Å². The summed E-state index contributed by atoms with van der Waals surface area (Å²) in [7, 11) is 0. The summed E-state index contributed by atoms with van der Waals surface area (Å²) >= 11 is 0. The molecule has 9 heteroatoms. The number of alkyl carbamates (subject to hydrolysis) is 1. The van der Waals surface area contributed by atoms with Gasteiger partial charge in [-0.1, -0.05) is 6.92 Å². The van der Waals surface area contributed by atoms with E-state index in [9.17, 15) is 9.59 Å². The summed E-state index contributed by atoms with van der Waals surface area (Å²) in [5.74, 6) is -0.184. The number of pyridine rings is 2. The smallest absolute Gasteiger partial charge is 0.407 e. The highest BCUT2D eigenvalue weighted by Crippen LogP contribution is 2.27. The van der Waals surface area contributed by atoms with Gasteiger partial charge in [0.2, 0.25) is 5.88 Å². The molecule has 0 aliphatic carbocycles. The van der Waals surface area contributed by atoms with Crippen molar-refractivity contribution in [1.82, 2.24) is 19.7 Å². The molecule has 0 spiro atoms. The molecular formula is C17H17N5O4. The fourth-order valence-electron chi connectivity index (χ4n) is 3.18. The van der Waals surface area contributed by atoms with Gasteiger partial charge in [-0.3, -0.25) is 9.20 Å². The van der Waals surface area contributed by atoms with Crippen molar-refractivity contribution in [3.8, 4) is 5.88 Å². The molecule has 3 N–H and O–H groups in total. The minimum Gasteiger partial charge on any atom is -0.474 e. The molecule has 0 aromatic carbocycles. The van der Waals surface area contributed by atoms with Crippen LogP contribution in [-0.4, -0.2) is 45.1 Å². The highest BCUT2D eigenvalue weighted by molar-refractivity contribution is 6.03. The Balaban J connectivity index is 1.73. The highest BCUT2D eigenvalue weighted by atomic mass is 16.6. The molecule has 0 radical (unpaired) electrons. The van der Waals surface area contributed by atoms with Gasteiger partial charge in [0.05, 0.1) is 5.56 Å². The topological polar surface area (TPSA) is 121 Å². The summed E-state index contributed by atoms with van der Waals surface area (Å²) in [5, 5.41) is 3.48. The van der Waals surface area contributed by atoms with Crippen LogP contribution in [-0.2, 0) is 4.74 Å². The Labute approximate surface area is 148 Å². The Bertz CT molecular complexity index is 1010. The summed E-state index contributed by atoms with van der Waals surface area (Å²) in [6, 6.07) is 3.18. The second-order valence-corrected chi connectivity index (χ2v) is 6.01. The molecule has 1 saturated heterocycles. The lowest BCUT2D eigenvalue weighted by Crippen LogP contribution is -2.37. The number of imidazole rings is 1. The van der Waals surface area contributed by atoms with Crippen LogP contribution >= 0.6 is 0 Å². The summed E-state index contributed by atoms with van der Waals surface area (Å²) in [5.41, 5.74) is 6.89. The first-order chi connectivity index (χ1) is 12.6. The predicted octanol–water partition coefficient (Wildman–Crippen LogP) is 1.25. The van der Waals surface area contributed by atoms with E-state index < -0.39 is 12.0 Å². The molecule has 26 heavy (non-hydrogen) atoms. The Morgan fingerprint density at radius 1 is 1.42 bits per heavy atom. The number of cyclic esters (lactones) is 1. The van der Waals surface area contributed by atoms with Crippen LogP contribution in [0.4, 0.5) is 4.79 Å². The molecule has 134 valence electrons. The minimum atomic E-state index is -0.556. The number of nitrogens with zero attached hydrogens (tertiary/aromatic N) is 3. The SMILES string of the molecule is CC[C@@H]1OC(=O)N[C@@H]1COc1nccc2cc(C(N)=O)c3nccn3c12. The van der Waals surface area contributed by atoms with Gasteiger partial charge in [-0.15, -0.1) is 0 Å². The minimum absolute atomic E-state index is 0.212. The van der Waals surface area contributed by atoms with Crippen molar-refractivity contribution >= 4 is 28.6 Å². The summed E-state index contributed by atoms with van der Waals surface area (Å²) in [6.45, 7) is 2.15. The van der Waals surface area contributed by atoms with Crippen molar-refractivity contribution in [2.45, 2.75) is 25.5 Å². The molecule has 2 amide bonds. The van der Waals surface area contributed by atoms with Crippen LogP contribution < -0.4 is 15.8 Å². The average Bonchev–Trinajstić information content (AvgIpc) is 3.25. The Hall–Kier alpha value is -3.36. The molecule has 4 rings (SSSR count). The Morgan fingerprint density at radius 3 is 3.04 bits per heavy atom. The zero-order valence-corrected chi connectivity index (χ0v) is 14.0. The monoisotopic (exact) mass is 355 g/mol. The lowest BCUT2D eigenvalue weighted by atomic mass is 10.1. The molecule has 0 bridgehead atoms. The molecule has 3 aromatic rings. The van der Waals surface area contributed by atoms with Crippen LogP contribution in [0, 0.1) is 0 Å². The Kier molecular flexibility index (Phi) is 3.83. The molecular weight excluding hydrogens is 338 g/mol. The molecule has 1 aliphatic heterocycles. The maximum absolute atomic E-state index is 11.7. The number of hydrogen-bond acceptors (Lipinski definition) is 6. The van der Waals surface area contributed by atoms with Gasteiger partial charge in [-0.05, 0) is 18.6 Å². The van der Waals surface area contributed by atoms with Crippen molar-refractivity contribution in [2.24, 2.45) is 5.73 Å². The number of ether oxygens (including phenoxy) is 2. The van der Waals surface area contributed by atoms with E-state index in [1.807, 2.05) is 6.92 Å². The van der Waals surface area contributed by atoms with E-state index in [1.54, 1.807) is 35.1 Å². The number of hydrogen-bond donors (Lipinski definition) is 2. The summed E-state index contributed by atoms with van der Waals surface area (Å²) in [4.78, 5) is 31.6. The standard InChI is InChI=1S/C17H17N5O4/c1-2-12-11(21-17(24)26-12)8-25-16-13-9(3-4-20-16)7-10(14(18)23)15-19-5-6-22(13)15/h3-7,11-12H,2,8H2,1H3,(H2,18,23)(H,21,24)/t11-,12+/m1/s1. The largest absolute Gasteiger partial charge is 0.474 e. The number of nitrogens with two attached hydrogens (primary N) is 1. The first kappa shape index (κ1) is 16.1. The van der Waals surface area contributed by atoms with Gasteiger partial charge < -0.3 is 20.5 Å². The van der Waals surface area contributed by atoms with Gasteiger partial charge in [0.15, 0.2) is 0 Å². The van der Waals surface area contributed by atoms with Gasteiger partial charge >= 0.3 is 6.09 Å². The van der Waals surface area contributed by atoms with Crippen LogP contribution in [0.1, 0.15) is 23.7 Å². The summed E-state index contributed by atoms with van der Waals surface area (Å²) < 4.78 is 12.8. The number of rotatable bonds is 5. The molecule has 3 aromatic heterocycles. The first-order valence-electron chi connectivity index (χ1n) is 8.23. The van der Waals surface area contributed by atoms with E-state index in [4.69, 9.17) is 15.2 Å². The first-order valence-corrected chi connectivity index (χ1v) is 8.23. The lowest BCUT2D eigenvalue weighted by molar-refractivity contribution is 0.100. The van der Waals surface area contributed by atoms with Crippen LogP contribution in [0.5, 0.6) is 5.88 Å². The third-order valence-electron chi connectivity index (χ3n) is 4.42. The number of aromatic nitrogens is 3. The molecule has 1 aliphatic rings. The highest BCUT2D eigenvalue weighted by Gasteiger charge is 2.33. The normalized spacial score (nSPS) is 19.5. The number of fused-ring (bicyclic) bond motifs is 3. The maximum atomic E-state index is 11.7. The Morgan fingerprint density at radius 2 is 2.27 bits per heavy atom. The zero-order valence-electron chi connectivity index (χ0n) is 14.0. The number of carbonyl (C=O) groups is 2. The van der Waals surface area contributed by atoms with E-state index in [-0.39, 0.29) is 18.8 Å². The van der Waals surface area contributed by atoms with Gasteiger partial charge in [-0.25, -0.2) is 14.8 Å². The number of primary amides is 1. The predicted molar refractivity (Wildman–Crippen MR) is 92.0 cm³/mol. The van der Waals surface area contributed by atoms with Crippen molar-refractivity contribution in [3.05, 3.63) is 36.3 Å². The molecule has 4 heterocycles. The number of carbonyl (C=O) groups excluding carboxylic acids is 2. The molecule has 0 unspecified atom stereocenters. The van der Waals surface area contributed by atoms with Crippen molar-refractivity contribution < 1.29 is 19.1 Å². The van der Waals surface area contributed by atoms with Crippen LogP contribution in [0.25, 0.3) is 16.6 Å². The molecule has 2 atom stereocenters. The fraction of sp³-hybridized carbons (Fsp3) is 0.294. The zero-order chi connectivity index (χ0) is 18.3. The number of amides is 2. The van der Waals surface area contributed by atoms with Gasteiger partial charge in [0.1, 0.15) is 29.9 Å². The molecule has 1 fully saturated rings. The van der Waals surface area contributed by atoms with E-state index in [0.717, 1.165) is 5.39 Å².